The topological polar surface area (TPSA) is 58.4 Å². The average molecular weight is 255 g/mol. The van der Waals surface area contributed by atoms with Gasteiger partial charge in [-0.3, -0.25) is 4.79 Å². The minimum absolute atomic E-state index is 0.239. The first-order valence-electron chi connectivity index (χ1n) is 7.24. The van der Waals surface area contributed by atoms with Crippen molar-refractivity contribution in [2.45, 2.75) is 64.5 Å². The van der Waals surface area contributed by atoms with E-state index in [-0.39, 0.29) is 11.9 Å². The first-order chi connectivity index (χ1) is 8.44. The van der Waals surface area contributed by atoms with Gasteiger partial charge in [-0.05, 0) is 72.5 Å². The van der Waals surface area contributed by atoms with Gasteiger partial charge in [-0.25, -0.2) is 0 Å². The molecule has 1 saturated heterocycles. The lowest BCUT2D eigenvalue weighted by Gasteiger charge is -2.30. The van der Waals surface area contributed by atoms with Crippen molar-refractivity contribution in [1.29, 1.82) is 0 Å². The molecule has 0 aromatic rings. The third-order valence-electron chi connectivity index (χ3n) is 3.75. The smallest absolute Gasteiger partial charge is 0.237 e. The van der Waals surface area contributed by atoms with E-state index in [0.29, 0.717) is 0 Å². The zero-order chi connectivity index (χ0) is 13.6. The molecule has 106 valence electrons. The predicted octanol–water partition coefficient (Wildman–Crippen LogP) is 1.49. The third-order valence-corrected chi connectivity index (χ3v) is 3.75. The van der Waals surface area contributed by atoms with E-state index in [1.807, 2.05) is 20.8 Å². The summed E-state index contributed by atoms with van der Waals surface area (Å²) in [5, 5.41) is 3.30. The molecule has 1 atom stereocenters. The molecule has 1 aliphatic rings. The Bertz CT molecular complexity index is 262. The molecule has 4 nitrogen and oxygen atoms in total. The fourth-order valence-corrected chi connectivity index (χ4v) is 2.72. The van der Waals surface area contributed by atoms with Gasteiger partial charge in [0.2, 0.25) is 5.91 Å². The van der Waals surface area contributed by atoms with Crippen LogP contribution in [0.4, 0.5) is 0 Å². The number of rotatable bonds is 8. The molecule has 0 radical (unpaired) electrons. The fourth-order valence-electron chi connectivity index (χ4n) is 2.72. The lowest BCUT2D eigenvalue weighted by Crippen LogP contribution is -2.55. The van der Waals surface area contributed by atoms with Gasteiger partial charge >= 0.3 is 0 Å². The second-order valence-corrected chi connectivity index (χ2v) is 6.00. The molecule has 3 N–H and O–H groups in total. The third kappa shape index (κ3) is 4.94. The molecular formula is C14H29N3O. The Kier molecular flexibility index (Phi) is 6.09. The van der Waals surface area contributed by atoms with Gasteiger partial charge in [-0.2, -0.15) is 0 Å². The van der Waals surface area contributed by atoms with Crippen LogP contribution in [-0.2, 0) is 4.79 Å². The molecule has 1 fully saturated rings. The number of nitrogens with zero attached hydrogens (tertiary/aromatic N) is 1. The maximum Gasteiger partial charge on any atom is 0.237 e. The van der Waals surface area contributed by atoms with Crippen LogP contribution in [0.3, 0.4) is 0 Å². The average Bonchev–Trinajstić information content (AvgIpc) is 2.76. The Morgan fingerprint density at radius 3 is 2.44 bits per heavy atom. The SMILES string of the molecule is CC(C)NC(C)(CCCCN1CCCC1)C(N)=O. The number of carbonyl (C=O) groups excluding carboxylic acids is 1. The van der Waals surface area contributed by atoms with Crippen molar-refractivity contribution in [3.63, 3.8) is 0 Å². The van der Waals surface area contributed by atoms with E-state index < -0.39 is 5.54 Å². The Hall–Kier alpha value is -0.610. The van der Waals surface area contributed by atoms with Gasteiger partial charge in [0.25, 0.3) is 0 Å². The summed E-state index contributed by atoms with van der Waals surface area (Å²) in [4.78, 5) is 14.1. The van der Waals surface area contributed by atoms with Crippen LogP contribution >= 0.6 is 0 Å². The zero-order valence-corrected chi connectivity index (χ0v) is 12.2. The number of carbonyl (C=O) groups is 1. The Morgan fingerprint density at radius 2 is 1.94 bits per heavy atom. The number of likely N-dealkylation sites (tertiary alicyclic amines) is 1. The van der Waals surface area contributed by atoms with Gasteiger partial charge in [0, 0.05) is 6.04 Å². The van der Waals surface area contributed by atoms with Crippen molar-refractivity contribution in [2.75, 3.05) is 19.6 Å². The summed E-state index contributed by atoms with van der Waals surface area (Å²) < 4.78 is 0. The minimum Gasteiger partial charge on any atom is -0.368 e. The summed E-state index contributed by atoms with van der Waals surface area (Å²) in [5.74, 6) is -0.239. The van der Waals surface area contributed by atoms with Crippen LogP contribution in [0.15, 0.2) is 0 Å². The van der Waals surface area contributed by atoms with E-state index in [1.165, 1.54) is 25.9 Å². The molecule has 0 aromatic carbocycles. The number of nitrogens with one attached hydrogen (secondary N) is 1. The van der Waals surface area contributed by atoms with Crippen LogP contribution in [0.2, 0.25) is 0 Å². The molecule has 4 heteroatoms. The van der Waals surface area contributed by atoms with Crippen molar-refractivity contribution < 1.29 is 4.79 Å². The van der Waals surface area contributed by atoms with Crippen LogP contribution in [-0.4, -0.2) is 42.0 Å². The molecule has 0 aromatic heterocycles. The largest absolute Gasteiger partial charge is 0.368 e. The fraction of sp³-hybridized carbons (Fsp3) is 0.929. The highest BCUT2D eigenvalue weighted by atomic mass is 16.1. The first-order valence-corrected chi connectivity index (χ1v) is 7.24. The van der Waals surface area contributed by atoms with Crippen LogP contribution in [0.25, 0.3) is 0 Å². The number of amides is 1. The lowest BCUT2D eigenvalue weighted by atomic mass is 9.93. The number of hydrogen-bond donors (Lipinski definition) is 2. The summed E-state index contributed by atoms with van der Waals surface area (Å²) in [5.41, 5.74) is 4.96. The van der Waals surface area contributed by atoms with E-state index in [4.69, 9.17) is 5.73 Å². The van der Waals surface area contributed by atoms with Crippen molar-refractivity contribution >= 4 is 5.91 Å². The zero-order valence-electron chi connectivity index (χ0n) is 12.2. The number of hydrogen-bond acceptors (Lipinski definition) is 3. The number of primary amides is 1. The molecule has 1 aliphatic heterocycles. The Morgan fingerprint density at radius 1 is 1.33 bits per heavy atom. The maximum atomic E-state index is 11.6. The summed E-state index contributed by atoms with van der Waals surface area (Å²) >= 11 is 0. The monoisotopic (exact) mass is 255 g/mol. The Labute approximate surface area is 111 Å². The second kappa shape index (κ2) is 7.10. The van der Waals surface area contributed by atoms with E-state index in [2.05, 4.69) is 10.2 Å². The summed E-state index contributed by atoms with van der Waals surface area (Å²) in [6.45, 7) is 9.67. The minimum atomic E-state index is -0.556. The molecule has 0 spiro atoms. The molecule has 18 heavy (non-hydrogen) atoms. The van der Waals surface area contributed by atoms with Gasteiger partial charge in [0.15, 0.2) is 0 Å². The standard InChI is InChI=1S/C14H29N3O/c1-12(2)16-14(3,13(15)18)8-4-5-9-17-10-6-7-11-17/h12,16H,4-11H2,1-3H3,(H2,15,18). The first kappa shape index (κ1) is 15.4. The summed E-state index contributed by atoms with van der Waals surface area (Å²) in [6.07, 6.45) is 5.72. The summed E-state index contributed by atoms with van der Waals surface area (Å²) in [7, 11) is 0. The van der Waals surface area contributed by atoms with Crippen molar-refractivity contribution in [2.24, 2.45) is 5.73 Å². The molecular weight excluding hydrogens is 226 g/mol. The van der Waals surface area contributed by atoms with Gasteiger partial charge in [0.05, 0.1) is 5.54 Å². The number of unbranched alkanes of at least 4 members (excludes halogenated alkanes) is 1. The molecule has 0 aliphatic carbocycles. The highest BCUT2D eigenvalue weighted by Gasteiger charge is 2.30. The van der Waals surface area contributed by atoms with Crippen LogP contribution in [0.1, 0.15) is 52.9 Å². The van der Waals surface area contributed by atoms with Gasteiger partial charge in [0.1, 0.15) is 0 Å². The normalized spacial score (nSPS) is 20.2. The van der Waals surface area contributed by atoms with E-state index in [0.717, 1.165) is 25.8 Å². The molecule has 1 heterocycles. The number of nitrogens with two attached hydrogens (primary N) is 1. The predicted molar refractivity (Wildman–Crippen MR) is 75.4 cm³/mol. The quantitative estimate of drug-likeness (QED) is 0.646. The highest BCUT2D eigenvalue weighted by Crippen LogP contribution is 2.16. The van der Waals surface area contributed by atoms with E-state index >= 15 is 0 Å². The maximum absolute atomic E-state index is 11.6. The van der Waals surface area contributed by atoms with Crippen molar-refractivity contribution in [1.82, 2.24) is 10.2 Å². The van der Waals surface area contributed by atoms with Crippen LogP contribution in [0, 0.1) is 0 Å². The molecule has 1 rings (SSSR count). The second-order valence-electron chi connectivity index (χ2n) is 6.00. The molecule has 0 saturated carbocycles. The van der Waals surface area contributed by atoms with Crippen molar-refractivity contribution in [3.8, 4) is 0 Å². The van der Waals surface area contributed by atoms with Crippen LogP contribution in [0.5, 0.6) is 0 Å². The Balaban J connectivity index is 2.26. The summed E-state index contributed by atoms with van der Waals surface area (Å²) in [6, 6.07) is 0.279. The molecule has 1 unspecified atom stereocenters. The highest BCUT2D eigenvalue weighted by molar-refractivity contribution is 5.84. The van der Waals surface area contributed by atoms with Gasteiger partial charge < -0.3 is 16.0 Å². The molecule has 1 amide bonds. The lowest BCUT2D eigenvalue weighted by molar-refractivity contribution is -0.124. The van der Waals surface area contributed by atoms with Crippen LogP contribution < -0.4 is 11.1 Å². The van der Waals surface area contributed by atoms with E-state index in [1.54, 1.807) is 0 Å². The van der Waals surface area contributed by atoms with Gasteiger partial charge in [-0.15, -0.1) is 0 Å². The van der Waals surface area contributed by atoms with E-state index in [9.17, 15) is 4.79 Å². The van der Waals surface area contributed by atoms with Crippen molar-refractivity contribution in [3.05, 3.63) is 0 Å². The van der Waals surface area contributed by atoms with Gasteiger partial charge in [-0.1, -0.05) is 0 Å². The molecule has 0 bridgehead atoms.